The Balaban J connectivity index is 3.23. The minimum absolute atomic E-state index is 0.0362. The molecule has 0 saturated heterocycles. The topological polar surface area (TPSA) is 29.5 Å². The average Bonchev–Trinajstić information content (AvgIpc) is 2.02. The second-order valence-corrected chi connectivity index (χ2v) is 3.20. The molecular formula is C10H13FO2. The van der Waals surface area contributed by atoms with E-state index in [1.165, 1.54) is 19.2 Å². The fourth-order valence-corrected chi connectivity index (χ4v) is 1.27. The van der Waals surface area contributed by atoms with Crippen LogP contribution >= 0.6 is 0 Å². The summed E-state index contributed by atoms with van der Waals surface area (Å²) in [5.74, 6) is -0.177. The van der Waals surface area contributed by atoms with E-state index in [0.717, 1.165) is 0 Å². The van der Waals surface area contributed by atoms with E-state index in [1.54, 1.807) is 0 Å². The first kappa shape index (κ1) is 9.84. The molecule has 0 aliphatic heterocycles. The van der Waals surface area contributed by atoms with Crippen LogP contribution < -0.4 is 4.74 Å². The van der Waals surface area contributed by atoms with Gasteiger partial charge in [-0.1, -0.05) is 13.8 Å². The molecule has 0 saturated carbocycles. The zero-order valence-corrected chi connectivity index (χ0v) is 7.97. The van der Waals surface area contributed by atoms with E-state index >= 15 is 0 Å². The second-order valence-electron chi connectivity index (χ2n) is 3.20. The van der Waals surface area contributed by atoms with Crippen molar-refractivity contribution < 1.29 is 14.2 Å². The molecule has 3 heteroatoms. The quantitative estimate of drug-likeness (QED) is 0.765. The summed E-state index contributed by atoms with van der Waals surface area (Å²) in [6.45, 7) is 3.65. The van der Waals surface area contributed by atoms with Crippen molar-refractivity contribution in [1.29, 1.82) is 0 Å². The fourth-order valence-electron chi connectivity index (χ4n) is 1.27. The van der Waals surface area contributed by atoms with Gasteiger partial charge in [0.15, 0.2) is 0 Å². The first-order valence-electron chi connectivity index (χ1n) is 4.12. The molecule has 1 aromatic rings. The van der Waals surface area contributed by atoms with E-state index in [9.17, 15) is 9.50 Å². The molecule has 13 heavy (non-hydrogen) atoms. The Hall–Kier alpha value is -1.25. The van der Waals surface area contributed by atoms with Crippen LogP contribution in [0.25, 0.3) is 0 Å². The summed E-state index contributed by atoms with van der Waals surface area (Å²) in [6.07, 6.45) is 0. The number of hydrogen-bond acceptors (Lipinski definition) is 2. The van der Waals surface area contributed by atoms with Gasteiger partial charge in [-0.3, -0.25) is 0 Å². The fraction of sp³-hybridized carbons (Fsp3) is 0.400. The molecule has 1 N–H and O–H groups in total. The van der Waals surface area contributed by atoms with E-state index in [-0.39, 0.29) is 11.7 Å². The molecular weight excluding hydrogens is 171 g/mol. The standard InChI is InChI=1S/C10H13FO2/c1-6(2)10-8(11)4-7(13-3)5-9(10)12/h4-6,12H,1-3H3. The Morgan fingerprint density at radius 2 is 2.00 bits per heavy atom. The zero-order valence-electron chi connectivity index (χ0n) is 7.97. The van der Waals surface area contributed by atoms with Gasteiger partial charge in [0, 0.05) is 17.7 Å². The van der Waals surface area contributed by atoms with E-state index in [2.05, 4.69) is 0 Å². The number of ether oxygens (including phenoxy) is 1. The van der Waals surface area contributed by atoms with Crippen LogP contribution in [0.3, 0.4) is 0 Å². The molecule has 0 aliphatic rings. The van der Waals surface area contributed by atoms with Gasteiger partial charge in [0.2, 0.25) is 0 Å². The summed E-state index contributed by atoms with van der Waals surface area (Å²) in [5.41, 5.74) is 0.334. The van der Waals surface area contributed by atoms with Crippen LogP contribution in [0.1, 0.15) is 25.3 Å². The minimum atomic E-state index is -0.424. The Labute approximate surface area is 77.0 Å². The molecule has 0 atom stereocenters. The molecule has 0 bridgehead atoms. The van der Waals surface area contributed by atoms with Crippen molar-refractivity contribution in [1.82, 2.24) is 0 Å². The number of phenolic OH excluding ortho intramolecular Hbond substituents is 1. The summed E-state index contributed by atoms with van der Waals surface area (Å²) in [7, 11) is 1.43. The lowest BCUT2D eigenvalue weighted by Gasteiger charge is -2.10. The van der Waals surface area contributed by atoms with Crippen molar-refractivity contribution in [3.05, 3.63) is 23.5 Å². The van der Waals surface area contributed by atoms with Gasteiger partial charge in [-0.25, -0.2) is 4.39 Å². The molecule has 0 amide bonds. The number of methoxy groups -OCH3 is 1. The third-order valence-electron chi connectivity index (χ3n) is 1.89. The molecule has 0 fully saturated rings. The Morgan fingerprint density at radius 3 is 2.38 bits per heavy atom. The van der Waals surface area contributed by atoms with Crippen LogP contribution in [0.15, 0.2) is 12.1 Å². The second kappa shape index (κ2) is 3.64. The number of hydrogen-bond donors (Lipinski definition) is 1. The third-order valence-corrected chi connectivity index (χ3v) is 1.89. The SMILES string of the molecule is COc1cc(O)c(C(C)C)c(F)c1. The van der Waals surface area contributed by atoms with Crippen molar-refractivity contribution >= 4 is 0 Å². The number of halogens is 1. The smallest absolute Gasteiger partial charge is 0.134 e. The maximum absolute atomic E-state index is 13.3. The molecule has 72 valence electrons. The lowest BCUT2D eigenvalue weighted by Crippen LogP contribution is -1.95. The zero-order chi connectivity index (χ0) is 10.0. The molecule has 0 unspecified atom stereocenters. The molecule has 1 aromatic carbocycles. The molecule has 0 aliphatic carbocycles. The third kappa shape index (κ3) is 1.91. The van der Waals surface area contributed by atoms with Crippen LogP contribution in [-0.2, 0) is 0 Å². The van der Waals surface area contributed by atoms with Gasteiger partial charge in [0.25, 0.3) is 0 Å². The van der Waals surface area contributed by atoms with Gasteiger partial charge in [0.1, 0.15) is 17.3 Å². The Morgan fingerprint density at radius 1 is 1.38 bits per heavy atom. The molecule has 0 aromatic heterocycles. The Kier molecular flexibility index (Phi) is 2.76. The van der Waals surface area contributed by atoms with E-state index in [1.807, 2.05) is 13.8 Å². The molecule has 0 heterocycles. The maximum atomic E-state index is 13.3. The van der Waals surface area contributed by atoms with Crippen molar-refractivity contribution in [3.8, 4) is 11.5 Å². The van der Waals surface area contributed by atoms with Gasteiger partial charge in [-0.2, -0.15) is 0 Å². The van der Waals surface area contributed by atoms with Crippen molar-refractivity contribution in [2.24, 2.45) is 0 Å². The lowest BCUT2D eigenvalue weighted by molar-refractivity contribution is 0.398. The van der Waals surface area contributed by atoms with E-state index in [0.29, 0.717) is 11.3 Å². The van der Waals surface area contributed by atoms with Crippen LogP contribution in [0.4, 0.5) is 4.39 Å². The highest BCUT2D eigenvalue weighted by atomic mass is 19.1. The highest BCUT2D eigenvalue weighted by Crippen LogP contribution is 2.31. The van der Waals surface area contributed by atoms with Gasteiger partial charge in [-0.05, 0) is 5.92 Å². The van der Waals surface area contributed by atoms with Gasteiger partial charge in [0.05, 0.1) is 7.11 Å². The highest BCUT2D eigenvalue weighted by molar-refractivity contribution is 5.42. The predicted molar refractivity (Wildman–Crippen MR) is 48.7 cm³/mol. The van der Waals surface area contributed by atoms with Gasteiger partial charge >= 0.3 is 0 Å². The van der Waals surface area contributed by atoms with Crippen LogP contribution in [0.5, 0.6) is 11.5 Å². The first-order chi connectivity index (χ1) is 6.06. The van der Waals surface area contributed by atoms with Crippen molar-refractivity contribution in [2.75, 3.05) is 7.11 Å². The van der Waals surface area contributed by atoms with Crippen LogP contribution in [-0.4, -0.2) is 12.2 Å². The highest BCUT2D eigenvalue weighted by Gasteiger charge is 2.13. The lowest BCUT2D eigenvalue weighted by atomic mass is 10.0. The summed E-state index contributed by atoms with van der Waals surface area (Å²) >= 11 is 0. The van der Waals surface area contributed by atoms with E-state index in [4.69, 9.17) is 4.74 Å². The van der Waals surface area contributed by atoms with Gasteiger partial charge in [-0.15, -0.1) is 0 Å². The van der Waals surface area contributed by atoms with Crippen molar-refractivity contribution in [2.45, 2.75) is 19.8 Å². The largest absolute Gasteiger partial charge is 0.507 e. The monoisotopic (exact) mass is 184 g/mol. The van der Waals surface area contributed by atoms with Crippen molar-refractivity contribution in [3.63, 3.8) is 0 Å². The summed E-state index contributed by atoms with van der Waals surface area (Å²) < 4.78 is 18.1. The Bertz CT molecular complexity index is 285. The molecule has 2 nitrogen and oxygen atoms in total. The normalized spacial score (nSPS) is 10.5. The average molecular weight is 184 g/mol. The molecule has 0 spiro atoms. The van der Waals surface area contributed by atoms with Crippen LogP contribution in [0.2, 0.25) is 0 Å². The van der Waals surface area contributed by atoms with Gasteiger partial charge < -0.3 is 9.84 Å². The molecule has 1 rings (SSSR count). The van der Waals surface area contributed by atoms with Crippen LogP contribution in [0, 0.1) is 5.82 Å². The molecule has 0 radical (unpaired) electrons. The maximum Gasteiger partial charge on any atom is 0.134 e. The summed E-state index contributed by atoms with van der Waals surface area (Å²) in [6, 6.07) is 2.69. The number of rotatable bonds is 2. The summed E-state index contributed by atoms with van der Waals surface area (Å²) in [4.78, 5) is 0. The number of phenols is 1. The number of benzene rings is 1. The van der Waals surface area contributed by atoms with E-state index < -0.39 is 5.82 Å². The summed E-state index contributed by atoms with van der Waals surface area (Å²) in [5, 5.41) is 9.45. The predicted octanol–water partition coefficient (Wildman–Crippen LogP) is 2.66. The minimum Gasteiger partial charge on any atom is -0.507 e. The first-order valence-corrected chi connectivity index (χ1v) is 4.12. The number of aromatic hydroxyl groups is 1.